The van der Waals surface area contributed by atoms with E-state index in [0.717, 1.165) is 17.8 Å². The van der Waals surface area contributed by atoms with E-state index in [1.54, 1.807) is 0 Å². The van der Waals surface area contributed by atoms with Crippen LogP contribution < -0.4 is 4.90 Å². The van der Waals surface area contributed by atoms with Gasteiger partial charge in [0.05, 0.1) is 11.3 Å². The topological polar surface area (TPSA) is 27.0 Å². The second-order valence-corrected chi connectivity index (χ2v) is 5.61. The highest BCUT2D eigenvalue weighted by molar-refractivity contribution is 5.60. The molecule has 2 nitrogen and oxygen atoms in total. The quantitative estimate of drug-likeness (QED) is 0.799. The molecule has 0 bridgehead atoms. The summed E-state index contributed by atoms with van der Waals surface area (Å²) in [6, 6.07) is 11.0. The molecule has 0 heterocycles. The van der Waals surface area contributed by atoms with E-state index in [-0.39, 0.29) is 0 Å². The Kier molecular flexibility index (Phi) is 4.25. The molecule has 1 fully saturated rings. The van der Waals surface area contributed by atoms with E-state index in [1.807, 2.05) is 18.2 Å². The standard InChI is InChI=1S/C16H22N2/c1-13(2)12-18(15-8-4-5-9-15)16-10-6-3-7-14(16)11-17/h3,6-7,10,13,15H,4-5,8-9,12H2,1-2H3. The summed E-state index contributed by atoms with van der Waals surface area (Å²) in [6.07, 6.45) is 5.20. The molecule has 2 rings (SSSR count). The van der Waals surface area contributed by atoms with E-state index < -0.39 is 0 Å². The van der Waals surface area contributed by atoms with Gasteiger partial charge in [-0.2, -0.15) is 5.26 Å². The van der Waals surface area contributed by atoms with Gasteiger partial charge in [0.1, 0.15) is 6.07 Å². The average Bonchev–Trinajstić information content (AvgIpc) is 2.89. The summed E-state index contributed by atoms with van der Waals surface area (Å²) >= 11 is 0. The fraction of sp³-hybridized carbons (Fsp3) is 0.562. The van der Waals surface area contributed by atoms with Crippen LogP contribution in [0.2, 0.25) is 0 Å². The number of anilines is 1. The van der Waals surface area contributed by atoms with Crippen molar-refractivity contribution < 1.29 is 0 Å². The fourth-order valence-corrected chi connectivity index (χ4v) is 2.87. The minimum absolute atomic E-state index is 0.623. The highest BCUT2D eigenvalue weighted by Gasteiger charge is 2.24. The smallest absolute Gasteiger partial charge is 0.101 e. The lowest BCUT2D eigenvalue weighted by Crippen LogP contribution is -2.36. The second-order valence-electron chi connectivity index (χ2n) is 5.61. The minimum atomic E-state index is 0.623. The van der Waals surface area contributed by atoms with Crippen LogP contribution in [0.5, 0.6) is 0 Å². The Hall–Kier alpha value is -1.49. The van der Waals surface area contributed by atoms with Crippen molar-refractivity contribution in [2.24, 2.45) is 5.92 Å². The maximum Gasteiger partial charge on any atom is 0.101 e. The lowest BCUT2D eigenvalue weighted by Gasteiger charge is -2.33. The van der Waals surface area contributed by atoms with Gasteiger partial charge in [0, 0.05) is 12.6 Å². The summed E-state index contributed by atoms with van der Waals surface area (Å²) in [7, 11) is 0. The number of nitrogens with zero attached hydrogens (tertiary/aromatic N) is 2. The van der Waals surface area contributed by atoms with Gasteiger partial charge in [-0.3, -0.25) is 0 Å². The van der Waals surface area contributed by atoms with E-state index in [2.05, 4.69) is 30.9 Å². The zero-order valence-electron chi connectivity index (χ0n) is 11.4. The van der Waals surface area contributed by atoms with E-state index in [4.69, 9.17) is 0 Å². The second kappa shape index (κ2) is 5.91. The molecule has 96 valence electrons. The molecule has 0 N–H and O–H groups in total. The van der Waals surface area contributed by atoms with Gasteiger partial charge < -0.3 is 4.90 Å². The van der Waals surface area contributed by atoms with E-state index in [1.165, 1.54) is 25.7 Å². The van der Waals surface area contributed by atoms with Gasteiger partial charge in [0.15, 0.2) is 0 Å². The molecule has 0 atom stereocenters. The molecule has 1 aromatic carbocycles. The van der Waals surface area contributed by atoms with Gasteiger partial charge in [-0.25, -0.2) is 0 Å². The number of nitriles is 1. The lowest BCUT2D eigenvalue weighted by atomic mass is 10.1. The predicted octanol–water partition coefficient (Wildman–Crippen LogP) is 3.96. The molecule has 0 saturated heterocycles. The van der Waals surface area contributed by atoms with Crippen LogP contribution in [0, 0.1) is 17.2 Å². The van der Waals surface area contributed by atoms with Crippen LogP contribution in [0.25, 0.3) is 0 Å². The molecule has 0 unspecified atom stereocenters. The molecule has 0 spiro atoms. The Morgan fingerprint density at radius 2 is 1.94 bits per heavy atom. The van der Waals surface area contributed by atoms with Crippen molar-refractivity contribution in [1.82, 2.24) is 0 Å². The third-order valence-electron chi connectivity index (χ3n) is 3.66. The van der Waals surface area contributed by atoms with Crippen LogP contribution in [0.15, 0.2) is 24.3 Å². The molecule has 18 heavy (non-hydrogen) atoms. The molecular formula is C16H22N2. The van der Waals surface area contributed by atoms with Crippen molar-refractivity contribution in [2.75, 3.05) is 11.4 Å². The lowest BCUT2D eigenvalue weighted by molar-refractivity contribution is 0.535. The minimum Gasteiger partial charge on any atom is -0.367 e. The van der Waals surface area contributed by atoms with Gasteiger partial charge >= 0.3 is 0 Å². The summed E-state index contributed by atoms with van der Waals surface area (Å²) in [5.41, 5.74) is 1.94. The normalized spacial score (nSPS) is 15.9. The Bertz CT molecular complexity index is 425. The Balaban J connectivity index is 2.30. The van der Waals surface area contributed by atoms with Crippen LogP contribution in [0.3, 0.4) is 0 Å². The van der Waals surface area contributed by atoms with Crippen LogP contribution in [0.1, 0.15) is 45.1 Å². The SMILES string of the molecule is CC(C)CN(c1ccccc1C#N)C1CCCC1. The largest absolute Gasteiger partial charge is 0.367 e. The first-order valence-corrected chi connectivity index (χ1v) is 6.98. The van der Waals surface area contributed by atoms with E-state index in [9.17, 15) is 5.26 Å². The van der Waals surface area contributed by atoms with Crippen molar-refractivity contribution in [3.8, 4) is 6.07 Å². The van der Waals surface area contributed by atoms with Crippen LogP contribution in [0.4, 0.5) is 5.69 Å². The Labute approximate surface area is 110 Å². The molecule has 0 aromatic heterocycles. The average molecular weight is 242 g/mol. The van der Waals surface area contributed by atoms with Gasteiger partial charge in [0.2, 0.25) is 0 Å². The van der Waals surface area contributed by atoms with Gasteiger partial charge in [-0.15, -0.1) is 0 Å². The highest BCUT2D eigenvalue weighted by atomic mass is 15.2. The molecule has 1 aliphatic rings. The number of benzene rings is 1. The number of hydrogen-bond acceptors (Lipinski definition) is 2. The molecule has 1 aromatic rings. The van der Waals surface area contributed by atoms with E-state index >= 15 is 0 Å². The van der Waals surface area contributed by atoms with Crippen LogP contribution in [-0.4, -0.2) is 12.6 Å². The van der Waals surface area contributed by atoms with E-state index in [0.29, 0.717) is 12.0 Å². The number of rotatable bonds is 4. The predicted molar refractivity (Wildman–Crippen MR) is 75.6 cm³/mol. The van der Waals surface area contributed by atoms with Gasteiger partial charge in [-0.1, -0.05) is 38.8 Å². The van der Waals surface area contributed by atoms with Crippen LogP contribution >= 0.6 is 0 Å². The summed E-state index contributed by atoms with van der Waals surface area (Å²) in [6.45, 7) is 5.54. The summed E-state index contributed by atoms with van der Waals surface area (Å²) in [5.74, 6) is 0.623. The molecule has 1 aliphatic carbocycles. The first-order chi connectivity index (χ1) is 8.72. The zero-order chi connectivity index (χ0) is 13.0. The molecule has 1 saturated carbocycles. The zero-order valence-corrected chi connectivity index (χ0v) is 11.4. The van der Waals surface area contributed by atoms with Crippen molar-refractivity contribution in [3.05, 3.63) is 29.8 Å². The van der Waals surface area contributed by atoms with Crippen LogP contribution in [-0.2, 0) is 0 Å². The summed E-state index contributed by atoms with van der Waals surface area (Å²) in [5, 5.41) is 9.27. The van der Waals surface area contributed by atoms with Crippen molar-refractivity contribution >= 4 is 5.69 Å². The first kappa shape index (κ1) is 13.0. The fourth-order valence-electron chi connectivity index (χ4n) is 2.87. The maximum absolute atomic E-state index is 9.27. The highest BCUT2D eigenvalue weighted by Crippen LogP contribution is 2.30. The van der Waals surface area contributed by atoms with Crippen molar-refractivity contribution in [3.63, 3.8) is 0 Å². The molecule has 2 heteroatoms. The molecule has 0 amide bonds. The number of para-hydroxylation sites is 1. The molecule has 0 radical (unpaired) electrons. The third-order valence-corrected chi connectivity index (χ3v) is 3.66. The maximum atomic E-state index is 9.27. The molecule has 0 aliphatic heterocycles. The first-order valence-electron chi connectivity index (χ1n) is 6.98. The molecular weight excluding hydrogens is 220 g/mol. The third kappa shape index (κ3) is 2.85. The summed E-state index contributed by atoms with van der Waals surface area (Å²) < 4.78 is 0. The van der Waals surface area contributed by atoms with Gasteiger partial charge in [-0.05, 0) is 30.9 Å². The van der Waals surface area contributed by atoms with Gasteiger partial charge in [0.25, 0.3) is 0 Å². The number of hydrogen-bond donors (Lipinski definition) is 0. The Morgan fingerprint density at radius 3 is 2.56 bits per heavy atom. The van der Waals surface area contributed by atoms with Crippen molar-refractivity contribution in [1.29, 1.82) is 5.26 Å². The van der Waals surface area contributed by atoms with Crippen molar-refractivity contribution in [2.45, 2.75) is 45.6 Å². The summed E-state index contributed by atoms with van der Waals surface area (Å²) in [4.78, 5) is 2.47. The monoisotopic (exact) mass is 242 g/mol. The Morgan fingerprint density at radius 1 is 1.28 bits per heavy atom.